The van der Waals surface area contributed by atoms with Crippen molar-refractivity contribution in [2.45, 2.75) is 26.8 Å². The minimum absolute atomic E-state index is 0.453. The summed E-state index contributed by atoms with van der Waals surface area (Å²) in [4.78, 5) is 0. The fourth-order valence-electron chi connectivity index (χ4n) is 0.931. The maximum absolute atomic E-state index is 3.58. The van der Waals surface area contributed by atoms with Gasteiger partial charge in [-0.25, -0.2) is 0 Å². The molecule has 2 N–H and O–H groups in total. The first-order chi connectivity index (χ1) is 6.16. The summed E-state index contributed by atoms with van der Waals surface area (Å²) < 4.78 is 0. The van der Waals surface area contributed by atoms with Crippen LogP contribution in [-0.4, -0.2) is 19.1 Å². The van der Waals surface area contributed by atoms with Crippen molar-refractivity contribution in [2.24, 2.45) is 5.92 Å². The summed E-state index contributed by atoms with van der Waals surface area (Å²) in [6.45, 7) is 12.0. The molecule has 0 aliphatic rings. The average molecular weight is 182 g/mol. The molecular weight excluding hydrogens is 160 g/mol. The van der Waals surface area contributed by atoms with Crippen molar-refractivity contribution < 1.29 is 0 Å². The van der Waals surface area contributed by atoms with Crippen molar-refractivity contribution in [1.82, 2.24) is 10.6 Å². The molecule has 0 aliphatic carbocycles. The molecule has 0 heterocycles. The second kappa shape index (κ2) is 7.87. The Kier molecular flexibility index (Phi) is 7.41. The maximum Gasteiger partial charge on any atom is 0.0266 e. The highest BCUT2D eigenvalue weighted by atomic mass is 14.9. The van der Waals surface area contributed by atoms with Crippen molar-refractivity contribution in [2.75, 3.05) is 13.1 Å². The van der Waals surface area contributed by atoms with E-state index in [4.69, 9.17) is 0 Å². The van der Waals surface area contributed by atoms with Crippen LogP contribution in [0.15, 0.2) is 24.9 Å². The molecule has 0 saturated heterocycles. The smallest absolute Gasteiger partial charge is 0.0266 e. The van der Waals surface area contributed by atoms with Gasteiger partial charge in [-0.2, -0.15) is 0 Å². The summed E-state index contributed by atoms with van der Waals surface area (Å²) in [7, 11) is 0. The molecule has 0 amide bonds. The van der Waals surface area contributed by atoms with E-state index in [-0.39, 0.29) is 0 Å². The third-order valence-electron chi connectivity index (χ3n) is 1.66. The largest absolute Gasteiger partial charge is 0.390 e. The van der Waals surface area contributed by atoms with Crippen LogP contribution in [0.25, 0.3) is 0 Å². The fraction of sp³-hybridized carbons (Fsp3) is 0.636. The Bertz CT molecular complexity index is 150. The van der Waals surface area contributed by atoms with Crippen molar-refractivity contribution in [3.05, 3.63) is 24.9 Å². The molecule has 76 valence electrons. The van der Waals surface area contributed by atoms with E-state index in [1.54, 1.807) is 6.20 Å². The highest BCUT2D eigenvalue weighted by Crippen LogP contribution is 1.95. The Balaban J connectivity index is 3.39. The van der Waals surface area contributed by atoms with Crippen LogP contribution in [0.1, 0.15) is 20.8 Å². The molecule has 0 aromatic heterocycles. The van der Waals surface area contributed by atoms with Crippen LogP contribution in [0, 0.1) is 5.92 Å². The van der Waals surface area contributed by atoms with E-state index in [0.29, 0.717) is 12.0 Å². The second-order valence-corrected chi connectivity index (χ2v) is 3.53. The molecule has 0 fully saturated rings. The summed E-state index contributed by atoms with van der Waals surface area (Å²) in [6, 6.07) is 0.453. The maximum atomic E-state index is 3.58. The van der Waals surface area contributed by atoms with Crippen LogP contribution in [0.4, 0.5) is 0 Å². The zero-order chi connectivity index (χ0) is 10.1. The molecule has 0 rings (SSSR count). The molecule has 2 nitrogen and oxygen atoms in total. The molecule has 13 heavy (non-hydrogen) atoms. The van der Waals surface area contributed by atoms with Crippen LogP contribution in [-0.2, 0) is 0 Å². The number of allylic oxidation sites excluding steroid dienone is 1. The number of rotatable bonds is 7. The van der Waals surface area contributed by atoms with Gasteiger partial charge in [0.05, 0.1) is 0 Å². The van der Waals surface area contributed by atoms with Gasteiger partial charge in [0.15, 0.2) is 0 Å². The summed E-state index contributed by atoms with van der Waals surface area (Å²) in [6.07, 6.45) is 6.15. The lowest BCUT2D eigenvalue weighted by Crippen LogP contribution is -2.30. The van der Waals surface area contributed by atoms with Gasteiger partial charge in [0.1, 0.15) is 0 Å². The number of hydrogen-bond acceptors (Lipinski definition) is 2. The summed E-state index contributed by atoms with van der Waals surface area (Å²) >= 11 is 0. The van der Waals surface area contributed by atoms with E-state index in [0.717, 1.165) is 13.1 Å². The quantitative estimate of drug-likeness (QED) is 0.464. The molecule has 1 atom stereocenters. The van der Waals surface area contributed by atoms with E-state index in [1.165, 1.54) is 0 Å². The van der Waals surface area contributed by atoms with Gasteiger partial charge >= 0.3 is 0 Å². The normalized spacial score (nSPS) is 13.5. The lowest BCUT2D eigenvalue weighted by Gasteiger charge is -2.09. The van der Waals surface area contributed by atoms with E-state index in [2.05, 4.69) is 50.1 Å². The van der Waals surface area contributed by atoms with Gasteiger partial charge in [0.2, 0.25) is 0 Å². The molecule has 0 radical (unpaired) electrons. The molecule has 0 aromatic rings. The Hall–Kier alpha value is -0.760. The summed E-state index contributed by atoms with van der Waals surface area (Å²) in [5.41, 5.74) is 0. The zero-order valence-electron chi connectivity index (χ0n) is 9.01. The number of nitrogens with one attached hydrogen (secondary N) is 2. The van der Waals surface area contributed by atoms with Crippen LogP contribution < -0.4 is 10.6 Å². The Labute approximate surface area is 82.1 Å². The highest BCUT2D eigenvalue weighted by Gasteiger charge is 1.94. The Morgan fingerprint density at radius 3 is 2.38 bits per heavy atom. The minimum Gasteiger partial charge on any atom is -0.390 e. The zero-order valence-corrected chi connectivity index (χ0v) is 9.01. The van der Waals surface area contributed by atoms with Gasteiger partial charge in [-0.1, -0.05) is 32.6 Å². The minimum atomic E-state index is 0.453. The van der Waals surface area contributed by atoms with Gasteiger partial charge in [0.25, 0.3) is 0 Å². The van der Waals surface area contributed by atoms with Crippen molar-refractivity contribution in [1.29, 1.82) is 0 Å². The van der Waals surface area contributed by atoms with E-state index >= 15 is 0 Å². The van der Waals surface area contributed by atoms with Gasteiger partial charge in [-0.05, 0) is 19.0 Å². The lowest BCUT2D eigenvalue weighted by molar-refractivity contribution is 0.614. The van der Waals surface area contributed by atoms with Crippen LogP contribution in [0.2, 0.25) is 0 Å². The van der Waals surface area contributed by atoms with Crippen LogP contribution in [0.5, 0.6) is 0 Å². The second-order valence-electron chi connectivity index (χ2n) is 3.53. The molecule has 1 unspecified atom stereocenters. The number of hydrogen-bond donors (Lipinski definition) is 2. The molecule has 0 spiro atoms. The molecule has 0 aromatic carbocycles. The highest BCUT2D eigenvalue weighted by molar-refractivity contribution is 4.92. The van der Waals surface area contributed by atoms with Crippen molar-refractivity contribution in [3.8, 4) is 0 Å². The van der Waals surface area contributed by atoms with Crippen LogP contribution >= 0.6 is 0 Å². The molecule has 2 heteroatoms. The van der Waals surface area contributed by atoms with Crippen molar-refractivity contribution in [3.63, 3.8) is 0 Å². The molecule has 0 aliphatic heterocycles. The topological polar surface area (TPSA) is 24.1 Å². The summed E-state index contributed by atoms with van der Waals surface area (Å²) in [5, 5.41) is 6.42. The summed E-state index contributed by atoms with van der Waals surface area (Å²) in [5.74, 6) is 0.635. The Morgan fingerprint density at radius 1 is 1.15 bits per heavy atom. The SMILES string of the molecule is C=CNCCNC(C)/C=C\C(C)C. The lowest BCUT2D eigenvalue weighted by atomic mass is 10.2. The first-order valence-electron chi connectivity index (χ1n) is 4.92. The monoisotopic (exact) mass is 182 g/mol. The van der Waals surface area contributed by atoms with Gasteiger partial charge < -0.3 is 10.6 Å². The third-order valence-corrected chi connectivity index (χ3v) is 1.66. The first-order valence-corrected chi connectivity index (χ1v) is 4.92. The predicted octanol–water partition coefficient (Wildman–Crippen LogP) is 1.91. The fourth-order valence-corrected chi connectivity index (χ4v) is 0.931. The molecule has 0 saturated carbocycles. The predicted molar refractivity (Wildman–Crippen MR) is 59.6 cm³/mol. The Morgan fingerprint density at radius 2 is 1.85 bits per heavy atom. The van der Waals surface area contributed by atoms with E-state index in [9.17, 15) is 0 Å². The first kappa shape index (κ1) is 12.2. The van der Waals surface area contributed by atoms with Gasteiger partial charge in [-0.3, -0.25) is 0 Å². The average Bonchev–Trinajstić information content (AvgIpc) is 2.09. The molecule has 0 bridgehead atoms. The van der Waals surface area contributed by atoms with E-state index < -0.39 is 0 Å². The van der Waals surface area contributed by atoms with Crippen LogP contribution in [0.3, 0.4) is 0 Å². The standard InChI is InChI=1S/C11H22N2/c1-5-12-8-9-13-11(4)7-6-10(2)3/h5-7,10-13H,1,8-9H2,2-4H3/b7-6-. The van der Waals surface area contributed by atoms with Crippen molar-refractivity contribution >= 4 is 0 Å². The van der Waals surface area contributed by atoms with E-state index in [1.807, 2.05) is 0 Å². The third kappa shape index (κ3) is 9.15. The van der Waals surface area contributed by atoms with Gasteiger partial charge in [-0.15, -0.1) is 0 Å². The van der Waals surface area contributed by atoms with Gasteiger partial charge in [0, 0.05) is 19.1 Å². The molecular formula is C11H22N2.